The number of benzene rings is 3. The Morgan fingerprint density at radius 3 is 2.55 bits per heavy atom. The molecule has 0 bridgehead atoms. The fourth-order valence-electron chi connectivity index (χ4n) is 6.06. The van der Waals surface area contributed by atoms with E-state index < -0.39 is 10.8 Å². The van der Waals surface area contributed by atoms with E-state index in [1.165, 1.54) is 11.8 Å². The molecule has 3 aromatic carbocycles. The smallest absolute Gasteiger partial charge is 0.239 e. The van der Waals surface area contributed by atoms with Crippen LogP contribution in [0.15, 0.2) is 90.0 Å². The first kappa shape index (κ1) is 28.8. The van der Waals surface area contributed by atoms with Crippen molar-refractivity contribution in [2.75, 3.05) is 39.4 Å². The van der Waals surface area contributed by atoms with Crippen molar-refractivity contribution in [3.63, 3.8) is 0 Å². The van der Waals surface area contributed by atoms with Gasteiger partial charge in [0.05, 0.1) is 25.7 Å². The molecule has 0 spiro atoms. The average molecular weight is 603 g/mol. The number of amides is 2. The fourth-order valence-corrected chi connectivity index (χ4v) is 7.68. The van der Waals surface area contributed by atoms with Crippen molar-refractivity contribution >= 4 is 46.1 Å². The topological polar surface area (TPSA) is 77.7 Å². The highest BCUT2D eigenvalue weighted by atomic mass is 35.5. The number of nitrogens with one attached hydrogen (secondary N) is 2. The molecule has 2 amide bonds. The van der Waals surface area contributed by atoms with Gasteiger partial charge in [0.1, 0.15) is 4.75 Å². The Hall–Kier alpha value is -3.30. The minimum atomic E-state index is -1.08. The lowest BCUT2D eigenvalue weighted by Crippen LogP contribution is -2.48. The Bertz CT molecular complexity index is 1530. The number of rotatable bonds is 10. The van der Waals surface area contributed by atoms with Crippen molar-refractivity contribution in [2.24, 2.45) is 0 Å². The Labute approximate surface area is 255 Å². The van der Waals surface area contributed by atoms with Crippen molar-refractivity contribution in [2.45, 2.75) is 35.1 Å². The summed E-state index contributed by atoms with van der Waals surface area (Å²) in [7, 11) is 0. The van der Waals surface area contributed by atoms with Crippen LogP contribution in [0.2, 0.25) is 5.02 Å². The van der Waals surface area contributed by atoms with Crippen LogP contribution >= 0.6 is 23.4 Å². The number of ether oxygens (including phenoxy) is 1. The van der Waals surface area contributed by atoms with Crippen LogP contribution in [0.5, 0.6) is 0 Å². The number of carbonyl (C=O) groups is 2. The number of hydrogen-bond acceptors (Lipinski definition) is 5. The Morgan fingerprint density at radius 2 is 1.79 bits per heavy atom. The first-order chi connectivity index (χ1) is 20.5. The molecule has 2 N–H and O–H groups in total. The summed E-state index contributed by atoms with van der Waals surface area (Å²) in [5, 5.41) is 4.83. The molecule has 2 aliphatic rings. The van der Waals surface area contributed by atoms with E-state index in [1.54, 1.807) is 0 Å². The molecule has 0 saturated carbocycles. The third-order valence-electron chi connectivity index (χ3n) is 8.12. The van der Waals surface area contributed by atoms with Gasteiger partial charge in [-0.1, -0.05) is 66.2 Å². The summed E-state index contributed by atoms with van der Waals surface area (Å²) in [5.74, 6) is -0.158. The molecule has 0 aliphatic carbocycles. The number of thioether (sulfide) groups is 1. The average Bonchev–Trinajstić information content (AvgIpc) is 3.54. The normalized spacial score (nSPS) is 21.2. The van der Waals surface area contributed by atoms with Crippen LogP contribution < -0.4 is 5.32 Å². The minimum Gasteiger partial charge on any atom is -0.379 e. The first-order valence-corrected chi connectivity index (χ1v) is 15.7. The largest absolute Gasteiger partial charge is 0.379 e. The van der Waals surface area contributed by atoms with Crippen LogP contribution in [0, 0.1) is 0 Å². The van der Waals surface area contributed by atoms with E-state index in [2.05, 4.69) is 15.2 Å². The van der Waals surface area contributed by atoms with Crippen LogP contribution in [-0.4, -0.2) is 70.7 Å². The van der Waals surface area contributed by atoms with Gasteiger partial charge in [0.15, 0.2) is 0 Å². The molecule has 2 atom stereocenters. The molecule has 2 fully saturated rings. The van der Waals surface area contributed by atoms with E-state index >= 15 is 0 Å². The minimum absolute atomic E-state index is 0.0425. The maximum absolute atomic E-state index is 14.5. The van der Waals surface area contributed by atoms with Gasteiger partial charge in [0.25, 0.3) is 0 Å². The van der Waals surface area contributed by atoms with Gasteiger partial charge in [0, 0.05) is 58.8 Å². The van der Waals surface area contributed by atoms with Gasteiger partial charge >= 0.3 is 0 Å². The molecule has 0 radical (unpaired) electrons. The Morgan fingerprint density at radius 1 is 1.05 bits per heavy atom. The van der Waals surface area contributed by atoms with Crippen molar-refractivity contribution in [1.82, 2.24) is 20.1 Å². The van der Waals surface area contributed by atoms with E-state index in [0.717, 1.165) is 66.2 Å². The summed E-state index contributed by atoms with van der Waals surface area (Å²) in [6.07, 6.45) is 2.86. The Kier molecular flexibility index (Phi) is 8.86. The maximum atomic E-state index is 14.5. The second kappa shape index (κ2) is 12.9. The summed E-state index contributed by atoms with van der Waals surface area (Å²) in [6.45, 7) is 5.17. The van der Waals surface area contributed by atoms with Gasteiger partial charge in [-0.3, -0.25) is 14.5 Å². The number of fused-ring (bicyclic) bond motifs is 1. The predicted molar refractivity (Wildman–Crippen MR) is 168 cm³/mol. The van der Waals surface area contributed by atoms with Gasteiger partial charge in [-0.25, -0.2) is 0 Å². The number of aromatic amines is 1. The molecule has 2 saturated heterocycles. The lowest BCUT2D eigenvalue weighted by Gasteiger charge is -2.36. The van der Waals surface area contributed by atoms with Crippen molar-refractivity contribution in [1.29, 1.82) is 0 Å². The number of H-pyrrole nitrogens is 1. The van der Waals surface area contributed by atoms with Crippen molar-refractivity contribution in [3.8, 4) is 0 Å². The summed E-state index contributed by atoms with van der Waals surface area (Å²) < 4.78 is 4.39. The molecule has 0 unspecified atom stereocenters. The first-order valence-electron chi connectivity index (χ1n) is 14.5. The maximum Gasteiger partial charge on any atom is 0.239 e. The molecule has 4 aromatic rings. The number of hydrogen-bond donors (Lipinski definition) is 2. The predicted octanol–water partition coefficient (Wildman–Crippen LogP) is 5.66. The van der Waals surface area contributed by atoms with Crippen LogP contribution in [0.4, 0.5) is 0 Å². The number of likely N-dealkylation sites (tertiary alicyclic amines) is 1. The lowest BCUT2D eigenvalue weighted by molar-refractivity contribution is -0.129. The third-order valence-corrected chi connectivity index (χ3v) is 9.78. The highest BCUT2D eigenvalue weighted by Crippen LogP contribution is 2.54. The molecule has 3 heterocycles. The summed E-state index contributed by atoms with van der Waals surface area (Å²) in [5.41, 5.74) is 2.81. The number of morpholine rings is 1. The summed E-state index contributed by atoms with van der Waals surface area (Å²) in [6, 6.07) is 25.1. The highest BCUT2D eigenvalue weighted by molar-refractivity contribution is 8.01. The molecule has 218 valence electrons. The summed E-state index contributed by atoms with van der Waals surface area (Å²) in [4.78, 5) is 37.0. The SMILES string of the molecule is O=C1C[C@](Sc2ccccc2)(C(=O)NCCCN2CCOCC2)[C@@H](c2c[nH]c3cc(Cl)ccc23)N1Cc1ccccc1. The van der Waals surface area contributed by atoms with Crippen LogP contribution in [-0.2, 0) is 20.9 Å². The zero-order valence-corrected chi connectivity index (χ0v) is 25.0. The van der Waals surface area contributed by atoms with E-state index in [4.69, 9.17) is 16.3 Å². The molecule has 42 heavy (non-hydrogen) atoms. The molecule has 6 rings (SSSR count). The second-order valence-electron chi connectivity index (χ2n) is 10.9. The van der Waals surface area contributed by atoms with E-state index in [0.29, 0.717) is 18.1 Å². The van der Waals surface area contributed by atoms with Crippen LogP contribution in [0.3, 0.4) is 0 Å². The molecular weight excluding hydrogens is 568 g/mol. The van der Waals surface area contributed by atoms with E-state index in [-0.39, 0.29) is 18.2 Å². The van der Waals surface area contributed by atoms with Crippen molar-refractivity contribution in [3.05, 3.63) is 101 Å². The van der Waals surface area contributed by atoms with Crippen molar-refractivity contribution < 1.29 is 14.3 Å². The third kappa shape index (κ3) is 6.08. The summed E-state index contributed by atoms with van der Waals surface area (Å²) >= 11 is 7.81. The molecule has 2 aliphatic heterocycles. The fraction of sp³-hybridized carbons (Fsp3) is 0.333. The Balaban J connectivity index is 1.37. The van der Waals surface area contributed by atoms with E-state index in [1.807, 2.05) is 90.0 Å². The van der Waals surface area contributed by atoms with Gasteiger partial charge in [0.2, 0.25) is 11.8 Å². The van der Waals surface area contributed by atoms with Gasteiger partial charge in [-0.05, 0) is 42.8 Å². The van der Waals surface area contributed by atoms with Gasteiger partial charge in [-0.2, -0.15) is 0 Å². The van der Waals surface area contributed by atoms with E-state index in [9.17, 15) is 9.59 Å². The van der Waals surface area contributed by atoms with Gasteiger partial charge < -0.3 is 19.9 Å². The standard InChI is InChI=1S/C33H35ClN4O3S/c34-25-12-13-27-28(22-36-29(27)20-25)31-33(42-26-10-5-2-6-11-26,21-30(39)38(31)23-24-8-3-1-4-9-24)32(40)35-14-7-15-37-16-18-41-19-17-37/h1-6,8-13,20,22,31,36H,7,14-19,21,23H2,(H,35,40)/t31-,33-/m1/s1. The number of carbonyl (C=O) groups excluding carboxylic acids is 2. The highest BCUT2D eigenvalue weighted by Gasteiger charge is 2.58. The lowest BCUT2D eigenvalue weighted by atomic mass is 9.91. The molecule has 7 nitrogen and oxygen atoms in total. The molecular formula is C33H35ClN4O3S. The zero-order chi connectivity index (χ0) is 28.9. The number of nitrogens with zero attached hydrogens (tertiary/aromatic N) is 2. The van der Waals surface area contributed by atoms with Crippen LogP contribution in [0.1, 0.15) is 30.0 Å². The van der Waals surface area contributed by atoms with Crippen LogP contribution in [0.25, 0.3) is 10.9 Å². The quantitative estimate of drug-likeness (QED) is 0.229. The monoisotopic (exact) mass is 602 g/mol. The zero-order valence-electron chi connectivity index (χ0n) is 23.4. The van der Waals surface area contributed by atoms with Gasteiger partial charge in [-0.15, -0.1) is 11.8 Å². The molecule has 1 aromatic heterocycles. The second-order valence-corrected chi connectivity index (χ2v) is 12.7. The number of halogens is 1. The molecule has 9 heteroatoms. The number of aromatic nitrogens is 1.